The SMILES string of the molecule is CC(CC1CCCC1)C(=O)NC1(CN)CCCC1. The molecule has 2 aliphatic carbocycles. The van der Waals surface area contributed by atoms with Crippen LogP contribution in [0.15, 0.2) is 0 Å². The second kappa shape index (κ2) is 6.05. The van der Waals surface area contributed by atoms with Crippen LogP contribution >= 0.6 is 0 Å². The number of rotatable bonds is 5. The molecule has 0 radical (unpaired) electrons. The highest BCUT2D eigenvalue weighted by atomic mass is 16.2. The zero-order chi connectivity index (χ0) is 13.0. The molecule has 2 rings (SSSR count). The van der Waals surface area contributed by atoms with Crippen molar-refractivity contribution in [1.29, 1.82) is 0 Å². The quantitative estimate of drug-likeness (QED) is 0.790. The molecular formula is C15H28N2O. The fourth-order valence-electron chi connectivity index (χ4n) is 3.67. The molecule has 2 aliphatic rings. The Kier molecular flexibility index (Phi) is 4.66. The van der Waals surface area contributed by atoms with Crippen molar-refractivity contribution in [2.24, 2.45) is 17.6 Å². The Bertz CT molecular complexity index is 278. The fourth-order valence-corrected chi connectivity index (χ4v) is 3.67. The molecule has 1 atom stereocenters. The molecule has 3 nitrogen and oxygen atoms in total. The zero-order valence-electron chi connectivity index (χ0n) is 11.7. The molecule has 0 heterocycles. The summed E-state index contributed by atoms with van der Waals surface area (Å²) in [7, 11) is 0. The first-order valence-electron chi connectivity index (χ1n) is 7.67. The molecule has 18 heavy (non-hydrogen) atoms. The molecule has 0 aromatic heterocycles. The van der Waals surface area contributed by atoms with E-state index in [9.17, 15) is 4.79 Å². The molecular weight excluding hydrogens is 224 g/mol. The van der Waals surface area contributed by atoms with Crippen LogP contribution in [0, 0.1) is 11.8 Å². The Balaban J connectivity index is 1.82. The van der Waals surface area contributed by atoms with Crippen LogP contribution in [0.2, 0.25) is 0 Å². The largest absolute Gasteiger partial charge is 0.349 e. The molecule has 0 aromatic carbocycles. The third-order valence-electron chi connectivity index (χ3n) is 4.95. The van der Waals surface area contributed by atoms with E-state index in [-0.39, 0.29) is 17.4 Å². The van der Waals surface area contributed by atoms with Crippen molar-refractivity contribution in [1.82, 2.24) is 5.32 Å². The summed E-state index contributed by atoms with van der Waals surface area (Å²) in [6.07, 6.45) is 10.9. The van der Waals surface area contributed by atoms with Crippen LogP contribution in [-0.2, 0) is 4.79 Å². The van der Waals surface area contributed by atoms with E-state index in [4.69, 9.17) is 5.73 Å². The number of carbonyl (C=O) groups excluding carboxylic acids is 1. The van der Waals surface area contributed by atoms with Gasteiger partial charge in [0.15, 0.2) is 0 Å². The van der Waals surface area contributed by atoms with Gasteiger partial charge >= 0.3 is 0 Å². The minimum absolute atomic E-state index is 0.0823. The van der Waals surface area contributed by atoms with Crippen LogP contribution in [-0.4, -0.2) is 18.0 Å². The third kappa shape index (κ3) is 3.25. The maximum Gasteiger partial charge on any atom is 0.223 e. The number of hydrogen-bond donors (Lipinski definition) is 2. The van der Waals surface area contributed by atoms with Gasteiger partial charge in [0.2, 0.25) is 5.91 Å². The van der Waals surface area contributed by atoms with Crippen LogP contribution in [0.5, 0.6) is 0 Å². The Morgan fingerprint density at radius 2 is 1.89 bits per heavy atom. The first kappa shape index (κ1) is 13.9. The molecule has 0 saturated heterocycles. The van der Waals surface area contributed by atoms with Gasteiger partial charge in [-0.3, -0.25) is 4.79 Å². The van der Waals surface area contributed by atoms with E-state index in [0.717, 1.165) is 25.2 Å². The smallest absolute Gasteiger partial charge is 0.223 e. The Morgan fingerprint density at radius 1 is 1.28 bits per heavy atom. The van der Waals surface area contributed by atoms with Crippen molar-refractivity contribution in [3.63, 3.8) is 0 Å². The van der Waals surface area contributed by atoms with Gasteiger partial charge < -0.3 is 11.1 Å². The Labute approximate surface area is 111 Å². The lowest BCUT2D eigenvalue weighted by molar-refractivity contribution is -0.126. The van der Waals surface area contributed by atoms with Crippen LogP contribution in [0.3, 0.4) is 0 Å². The van der Waals surface area contributed by atoms with Crippen LogP contribution < -0.4 is 11.1 Å². The second-order valence-corrected chi connectivity index (χ2v) is 6.47. The summed E-state index contributed by atoms with van der Waals surface area (Å²) >= 11 is 0. The van der Waals surface area contributed by atoms with E-state index >= 15 is 0 Å². The predicted molar refractivity (Wildman–Crippen MR) is 74.1 cm³/mol. The molecule has 104 valence electrons. The molecule has 0 aliphatic heterocycles. The van der Waals surface area contributed by atoms with Gasteiger partial charge in [-0.05, 0) is 25.2 Å². The molecule has 2 saturated carbocycles. The molecule has 2 fully saturated rings. The molecule has 0 spiro atoms. The molecule has 3 N–H and O–H groups in total. The van der Waals surface area contributed by atoms with Crippen molar-refractivity contribution in [2.45, 2.75) is 70.3 Å². The lowest BCUT2D eigenvalue weighted by atomic mass is 9.91. The van der Waals surface area contributed by atoms with Gasteiger partial charge in [-0.15, -0.1) is 0 Å². The lowest BCUT2D eigenvalue weighted by Gasteiger charge is -2.30. The van der Waals surface area contributed by atoms with E-state index in [1.807, 2.05) is 0 Å². The van der Waals surface area contributed by atoms with Gasteiger partial charge in [0.25, 0.3) is 0 Å². The lowest BCUT2D eigenvalue weighted by Crippen LogP contribution is -2.53. The van der Waals surface area contributed by atoms with Crippen molar-refractivity contribution < 1.29 is 4.79 Å². The number of nitrogens with two attached hydrogens (primary N) is 1. The third-order valence-corrected chi connectivity index (χ3v) is 4.95. The van der Waals surface area contributed by atoms with Crippen molar-refractivity contribution >= 4 is 5.91 Å². The topological polar surface area (TPSA) is 55.1 Å². The normalized spacial score (nSPS) is 25.2. The molecule has 3 heteroatoms. The van der Waals surface area contributed by atoms with E-state index in [1.54, 1.807) is 0 Å². The van der Waals surface area contributed by atoms with E-state index in [1.165, 1.54) is 38.5 Å². The van der Waals surface area contributed by atoms with Crippen LogP contribution in [0.4, 0.5) is 0 Å². The molecule has 1 unspecified atom stereocenters. The van der Waals surface area contributed by atoms with Crippen LogP contribution in [0.25, 0.3) is 0 Å². The first-order valence-corrected chi connectivity index (χ1v) is 7.67. The van der Waals surface area contributed by atoms with Crippen molar-refractivity contribution in [3.8, 4) is 0 Å². The van der Waals surface area contributed by atoms with E-state index < -0.39 is 0 Å². The monoisotopic (exact) mass is 252 g/mol. The van der Waals surface area contributed by atoms with Gasteiger partial charge in [0, 0.05) is 12.5 Å². The van der Waals surface area contributed by atoms with Gasteiger partial charge in [-0.2, -0.15) is 0 Å². The Morgan fingerprint density at radius 3 is 2.44 bits per heavy atom. The molecule has 1 amide bonds. The summed E-state index contributed by atoms with van der Waals surface area (Å²) in [4.78, 5) is 12.3. The minimum atomic E-state index is -0.0823. The Hall–Kier alpha value is -0.570. The maximum atomic E-state index is 12.3. The first-order chi connectivity index (χ1) is 8.65. The standard InChI is InChI=1S/C15H28N2O/c1-12(10-13-6-2-3-7-13)14(18)17-15(11-16)8-4-5-9-15/h12-13H,2-11,16H2,1H3,(H,17,18). The average molecular weight is 252 g/mol. The summed E-state index contributed by atoms with van der Waals surface area (Å²) in [5.41, 5.74) is 5.78. The maximum absolute atomic E-state index is 12.3. The summed E-state index contributed by atoms with van der Waals surface area (Å²) < 4.78 is 0. The summed E-state index contributed by atoms with van der Waals surface area (Å²) in [5, 5.41) is 3.25. The van der Waals surface area contributed by atoms with E-state index in [0.29, 0.717) is 6.54 Å². The number of nitrogens with one attached hydrogen (secondary N) is 1. The summed E-state index contributed by atoms with van der Waals surface area (Å²) in [6, 6.07) is 0. The number of carbonyl (C=O) groups is 1. The second-order valence-electron chi connectivity index (χ2n) is 6.47. The molecule has 0 bridgehead atoms. The average Bonchev–Trinajstić information content (AvgIpc) is 3.01. The van der Waals surface area contributed by atoms with Crippen molar-refractivity contribution in [3.05, 3.63) is 0 Å². The fraction of sp³-hybridized carbons (Fsp3) is 0.933. The van der Waals surface area contributed by atoms with Gasteiger partial charge in [0.05, 0.1) is 5.54 Å². The van der Waals surface area contributed by atoms with Gasteiger partial charge in [0.1, 0.15) is 0 Å². The highest BCUT2D eigenvalue weighted by Gasteiger charge is 2.35. The zero-order valence-corrected chi connectivity index (χ0v) is 11.7. The minimum Gasteiger partial charge on any atom is -0.349 e. The molecule has 0 aromatic rings. The number of hydrogen-bond acceptors (Lipinski definition) is 2. The highest BCUT2D eigenvalue weighted by molar-refractivity contribution is 5.79. The van der Waals surface area contributed by atoms with Gasteiger partial charge in [-0.25, -0.2) is 0 Å². The number of amides is 1. The summed E-state index contributed by atoms with van der Waals surface area (Å²) in [5.74, 6) is 1.16. The van der Waals surface area contributed by atoms with E-state index in [2.05, 4.69) is 12.2 Å². The predicted octanol–water partition coefficient (Wildman–Crippen LogP) is 2.59. The van der Waals surface area contributed by atoms with Gasteiger partial charge in [-0.1, -0.05) is 45.4 Å². The van der Waals surface area contributed by atoms with Crippen molar-refractivity contribution in [2.75, 3.05) is 6.54 Å². The summed E-state index contributed by atoms with van der Waals surface area (Å²) in [6.45, 7) is 2.67. The van der Waals surface area contributed by atoms with Crippen LogP contribution in [0.1, 0.15) is 64.7 Å². The highest BCUT2D eigenvalue weighted by Crippen LogP contribution is 2.32.